The Morgan fingerprint density at radius 3 is 2.60 bits per heavy atom. The molecule has 0 heterocycles. The van der Waals surface area contributed by atoms with Crippen molar-refractivity contribution in [2.45, 2.75) is 31.7 Å². The average Bonchev–Trinajstić information content (AvgIpc) is 2.97. The van der Waals surface area contributed by atoms with E-state index in [2.05, 4.69) is 23.9 Å². The molecule has 0 aliphatic heterocycles. The van der Waals surface area contributed by atoms with Crippen LogP contribution in [-0.4, -0.2) is 22.0 Å². The largest absolute Gasteiger partial charge is 0.316 e. The summed E-state index contributed by atoms with van der Waals surface area (Å²) in [5.74, 6) is 0.413. The van der Waals surface area contributed by atoms with Crippen molar-refractivity contribution in [3.63, 3.8) is 0 Å². The highest BCUT2D eigenvalue weighted by molar-refractivity contribution is 7.89. The third-order valence-corrected chi connectivity index (χ3v) is 5.81. The Bertz CT molecular complexity index is 599. The van der Waals surface area contributed by atoms with E-state index in [0.717, 1.165) is 12.0 Å². The zero-order chi connectivity index (χ0) is 15.0. The molecule has 1 aliphatic rings. The number of rotatable bonds is 6. The monoisotopic (exact) mass is 316 g/mol. The van der Waals surface area contributed by atoms with Crippen LogP contribution in [0.1, 0.15) is 25.8 Å². The maximum absolute atomic E-state index is 12.3. The molecule has 6 heteroatoms. The summed E-state index contributed by atoms with van der Waals surface area (Å²) in [5, 5.41) is 3.25. The van der Waals surface area contributed by atoms with Crippen molar-refractivity contribution in [2.75, 3.05) is 13.6 Å². The van der Waals surface area contributed by atoms with Gasteiger partial charge >= 0.3 is 0 Å². The maximum atomic E-state index is 12.3. The molecule has 1 fully saturated rings. The van der Waals surface area contributed by atoms with Crippen LogP contribution in [0.15, 0.2) is 23.1 Å². The summed E-state index contributed by atoms with van der Waals surface area (Å²) in [6.45, 7) is 5.37. The molecule has 1 aromatic rings. The summed E-state index contributed by atoms with van der Waals surface area (Å²) < 4.78 is 27.3. The quantitative estimate of drug-likeness (QED) is 0.847. The minimum atomic E-state index is -3.55. The molecule has 0 aromatic heterocycles. The number of hydrogen-bond donors (Lipinski definition) is 2. The molecule has 2 rings (SSSR count). The van der Waals surface area contributed by atoms with E-state index in [-0.39, 0.29) is 15.3 Å². The van der Waals surface area contributed by atoms with Crippen molar-refractivity contribution >= 4 is 21.6 Å². The minimum absolute atomic E-state index is 0.158. The molecule has 0 spiro atoms. The topological polar surface area (TPSA) is 58.2 Å². The third-order valence-electron chi connectivity index (χ3n) is 3.90. The third kappa shape index (κ3) is 3.52. The molecule has 1 aliphatic carbocycles. The smallest absolute Gasteiger partial charge is 0.242 e. The van der Waals surface area contributed by atoms with Crippen LogP contribution in [0.25, 0.3) is 0 Å². The molecule has 1 aromatic carbocycles. The van der Waals surface area contributed by atoms with Gasteiger partial charge in [0.15, 0.2) is 0 Å². The van der Waals surface area contributed by atoms with Crippen LogP contribution in [0.4, 0.5) is 0 Å². The van der Waals surface area contributed by atoms with Crippen LogP contribution in [0.2, 0.25) is 5.02 Å². The van der Waals surface area contributed by atoms with Crippen LogP contribution in [0, 0.1) is 11.3 Å². The summed E-state index contributed by atoms with van der Waals surface area (Å²) in [7, 11) is -1.73. The predicted molar refractivity (Wildman–Crippen MR) is 81.3 cm³/mol. The van der Waals surface area contributed by atoms with E-state index in [1.807, 2.05) is 13.1 Å². The van der Waals surface area contributed by atoms with E-state index in [0.29, 0.717) is 19.0 Å². The minimum Gasteiger partial charge on any atom is -0.316 e. The Morgan fingerprint density at radius 1 is 1.40 bits per heavy atom. The first kappa shape index (κ1) is 15.8. The number of hydrogen-bond acceptors (Lipinski definition) is 3. The lowest BCUT2D eigenvalue weighted by atomic mass is 10.1. The van der Waals surface area contributed by atoms with Crippen molar-refractivity contribution < 1.29 is 8.42 Å². The van der Waals surface area contributed by atoms with Crippen molar-refractivity contribution in [3.05, 3.63) is 28.8 Å². The molecule has 0 bridgehead atoms. The Balaban J connectivity index is 2.14. The first-order chi connectivity index (χ1) is 9.26. The van der Waals surface area contributed by atoms with Gasteiger partial charge in [-0.2, -0.15) is 0 Å². The van der Waals surface area contributed by atoms with Gasteiger partial charge in [0.2, 0.25) is 10.0 Å². The van der Waals surface area contributed by atoms with E-state index in [4.69, 9.17) is 11.6 Å². The molecule has 0 radical (unpaired) electrons. The number of benzene rings is 1. The zero-order valence-electron chi connectivity index (χ0n) is 12.0. The number of sulfonamides is 1. The van der Waals surface area contributed by atoms with Gasteiger partial charge in [0.25, 0.3) is 0 Å². The SMILES string of the molecule is CNCc1ccc(Cl)c(S(=O)(=O)NCC2CC2(C)C)c1. The summed E-state index contributed by atoms with van der Waals surface area (Å²) >= 11 is 6.03. The summed E-state index contributed by atoms with van der Waals surface area (Å²) in [6, 6.07) is 5.07. The summed E-state index contributed by atoms with van der Waals surface area (Å²) in [5.41, 5.74) is 1.14. The van der Waals surface area contributed by atoms with Crippen LogP contribution in [0.5, 0.6) is 0 Å². The van der Waals surface area contributed by atoms with Gasteiger partial charge < -0.3 is 5.32 Å². The molecule has 0 saturated heterocycles. The molecular weight excluding hydrogens is 296 g/mol. The van der Waals surface area contributed by atoms with Crippen molar-refractivity contribution in [2.24, 2.45) is 11.3 Å². The second kappa shape index (κ2) is 5.64. The molecule has 20 heavy (non-hydrogen) atoms. The standard InChI is InChI=1S/C14H21ClN2O2S/c1-14(2)7-11(14)9-17-20(18,19)13-6-10(8-16-3)4-5-12(13)15/h4-6,11,16-17H,7-9H2,1-3H3. The Hall–Kier alpha value is -0.620. The number of nitrogens with one attached hydrogen (secondary N) is 2. The molecule has 2 N–H and O–H groups in total. The van der Waals surface area contributed by atoms with Gasteiger partial charge in [-0.05, 0) is 42.5 Å². The Kier molecular flexibility index (Phi) is 4.44. The van der Waals surface area contributed by atoms with E-state index >= 15 is 0 Å². The highest BCUT2D eigenvalue weighted by atomic mass is 35.5. The van der Waals surface area contributed by atoms with E-state index < -0.39 is 10.0 Å². The van der Waals surface area contributed by atoms with Crippen LogP contribution in [0.3, 0.4) is 0 Å². The zero-order valence-corrected chi connectivity index (χ0v) is 13.6. The fourth-order valence-corrected chi connectivity index (χ4v) is 3.91. The van der Waals surface area contributed by atoms with Crippen LogP contribution < -0.4 is 10.0 Å². The molecule has 4 nitrogen and oxygen atoms in total. The van der Waals surface area contributed by atoms with Gasteiger partial charge in [-0.25, -0.2) is 13.1 Å². The first-order valence-corrected chi connectivity index (χ1v) is 8.55. The normalized spacial score (nSPS) is 20.9. The molecular formula is C14H21ClN2O2S. The van der Waals surface area contributed by atoms with Crippen molar-refractivity contribution in [3.8, 4) is 0 Å². The Labute approximate surface area is 126 Å². The lowest BCUT2D eigenvalue weighted by Gasteiger charge is -2.11. The highest BCUT2D eigenvalue weighted by Crippen LogP contribution is 2.51. The molecule has 0 amide bonds. The van der Waals surface area contributed by atoms with Crippen molar-refractivity contribution in [1.82, 2.24) is 10.0 Å². The fourth-order valence-electron chi connectivity index (χ4n) is 2.28. The molecule has 112 valence electrons. The van der Waals surface area contributed by atoms with Crippen LogP contribution in [-0.2, 0) is 16.6 Å². The maximum Gasteiger partial charge on any atom is 0.242 e. The van der Waals surface area contributed by atoms with Crippen molar-refractivity contribution in [1.29, 1.82) is 0 Å². The van der Waals surface area contributed by atoms with E-state index in [1.165, 1.54) is 0 Å². The van der Waals surface area contributed by atoms with Gasteiger partial charge in [-0.1, -0.05) is 31.5 Å². The Morgan fingerprint density at radius 2 is 2.05 bits per heavy atom. The first-order valence-electron chi connectivity index (χ1n) is 6.69. The lowest BCUT2D eigenvalue weighted by molar-refractivity contribution is 0.537. The molecule has 1 atom stereocenters. The number of halogens is 1. The van der Waals surface area contributed by atoms with Gasteiger partial charge in [0.1, 0.15) is 4.90 Å². The molecule has 1 saturated carbocycles. The predicted octanol–water partition coefficient (Wildman–Crippen LogP) is 2.38. The van der Waals surface area contributed by atoms with Gasteiger partial charge in [0.05, 0.1) is 5.02 Å². The average molecular weight is 317 g/mol. The molecule has 1 unspecified atom stereocenters. The van der Waals surface area contributed by atoms with Crippen LogP contribution >= 0.6 is 11.6 Å². The fraction of sp³-hybridized carbons (Fsp3) is 0.571. The highest BCUT2D eigenvalue weighted by Gasteiger charge is 2.45. The lowest BCUT2D eigenvalue weighted by Crippen LogP contribution is -2.27. The van der Waals surface area contributed by atoms with Gasteiger partial charge in [0, 0.05) is 13.1 Å². The summed E-state index contributed by atoms with van der Waals surface area (Å²) in [6.07, 6.45) is 1.06. The second-order valence-electron chi connectivity index (χ2n) is 6.04. The van der Waals surface area contributed by atoms with E-state index in [9.17, 15) is 8.42 Å². The van der Waals surface area contributed by atoms with E-state index in [1.54, 1.807) is 12.1 Å². The van der Waals surface area contributed by atoms with Gasteiger partial charge in [-0.3, -0.25) is 0 Å². The summed E-state index contributed by atoms with van der Waals surface area (Å²) in [4.78, 5) is 0.158. The van der Waals surface area contributed by atoms with Gasteiger partial charge in [-0.15, -0.1) is 0 Å². The second-order valence-corrected chi connectivity index (χ2v) is 8.18.